The van der Waals surface area contributed by atoms with Gasteiger partial charge in [-0.15, -0.1) is 0 Å². The van der Waals surface area contributed by atoms with Gasteiger partial charge in [0, 0.05) is 18.6 Å². The minimum atomic E-state index is 0.483. The summed E-state index contributed by atoms with van der Waals surface area (Å²) in [5.74, 6) is 0.703. The zero-order valence-electron chi connectivity index (χ0n) is 7.65. The molecule has 3 N–H and O–H groups in total. The Balaban J connectivity index is 2.48. The van der Waals surface area contributed by atoms with Crippen molar-refractivity contribution in [3.63, 3.8) is 0 Å². The second-order valence-corrected chi connectivity index (χ2v) is 3.21. The average molecular weight is 157 g/mol. The maximum absolute atomic E-state index is 3.40. The lowest BCUT2D eigenvalue weighted by atomic mass is 9.93. The molecule has 0 aliphatic carbocycles. The molecule has 0 radical (unpaired) electrons. The zero-order valence-corrected chi connectivity index (χ0v) is 7.65. The van der Waals surface area contributed by atoms with Crippen LogP contribution in [0.1, 0.15) is 20.3 Å². The highest BCUT2D eigenvalue weighted by atomic mass is 15.2. The molecule has 0 bridgehead atoms. The van der Waals surface area contributed by atoms with Gasteiger partial charge in [0.2, 0.25) is 0 Å². The fourth-order valence-corrected chi connectivity index (χ4v) is 1.83. The molecular formula is C8H19N3. The van der Waals surface area contributed by atoms with Gasteiger partial charge in [0.05, 0.1) is 6.17 Å². The van der Waals surface area contributed by atoms with Gasteiger partial charge in [-0.05, 0) is 20.4 Å². The quantitative estimate of drug-likeness (QED) is 0.532. The Morgan fingerprint density at radius 1 is 1.45 bits per heavy atom. The molecule has 3 unspecified atom stereocenters. The Morgan fingerprint density at radius 3 is 2.64 bits per heavy atom. The smallest absolute Gasteiger partial charge is 0.0622 e. The summed E-state index contributed by atoms with van der Waals surface area (Å²) in [5, 5.41) is 10.1. The summed E-state index contributed by atoms with van der Waals surface area (Å²) >= 11 is 0. The van der Waals surface area contributed by atoms with Gasteiger partial charge in [0.25, 0.3) is 0 Å². The minimum absolute atomic E-state index is 0.483. The van der Waals surface area contributed by atoms with E-state index in [1.165, 1.54) is 6.42 Å². The molecule has 0 aromatic carbocycles. The van der Waals surface area contributed by atoms with E-state index >= 15 is 0 Å². The number of nitrogens with one attached hydrogen (secondary N) is 3. The van der Waals surface area contributed by atoms with Gasteiger partial charge in [-0.3, -0.25) is 5.32 Å². The summed E-state index contributed by atoms with van der Waals surface area (Å²) in [6.07, 6.45) is 1.70. The highest BCUT2D eigenvalue weighted by Crippen LogP contribution is 2.14. The van der Waals surface area contributed by atoms with Gasteiger partial charge >= 0.3 is 0 Å². The molecule has 0 aromatic rings. The predicted molar refractivity (Wildman–Crippen MR) is 47.2 cm³/mol. The van der Waals surface area contributed by atoms with E-state index in [1.807, 2.05) is 7.05 Å². The monoisotopic (exact) mass is 157 g/mol. The van der Waals surface area contributed by atoms with Crippen LogP contribution in [0.2, 0.25) is 0 Å². The molecule has 1 fully saturated rings. The van der Waals surface area contributed by atoms with E-state index in [2.05, 4.69) is 29.8 Å². The molecule has 3 atom stereocenters. The molecule has 0 aromatic heterocycles. The third-order valence-electron chi connectivity index (χ3n) is 2.60. The fraction of sp³-hybridized carbons (Fsp3) is 1.00. The van der Waals surface area contributed by atoms with Crippen LogP contribution < -0.4 is 16.0 Å². The average Bonchev–Trinajstić information content (AvgIpc) is 2.04. The van der Waals surface area contributed by atoms with Crippen LogP contribution in [0.5, 0.6) is 0 Å². The molecule has 0 amide bonds. The number of hydrogen-bond donors (Lipinski definition) is 3. The van der Waals surface area contributed by atoms with Gasteiger partial charge in [-0.25, -0.2) is 0 Å². The van der Waals surface area contributed by atoms with E-state index in [9.17, 15) is 0 Å². The molecule has 1 aliphatic heterocycles. The lowest BCUT2D eigenvalue weighted by Gasteiger charge is -2.37. The molecule has 0 spiro atoms. The van der Waals surface area contributed by atoms with Crippen molar-refractivity contribution >= 4 is 0 Å². The van der Waals surface area contributed by atoms with E-state index in [0.29, 0.717) is 18.1 Å². The second-order valence-electron chi connectivity index (χ2n) is 3.21. The van der Waals surface area contributed by atoms with Gasteiger partial charge in [0.15, 0.2) is 0 Å². The first-order valence-electron chi connectivity index (χ1n) is 4.43. The minimum Gasteiger partial charge on any atom is -0.305 e. The highest BCUT2D eigenvalue weighted by Gasteiger charge is 2.26. The Labute approximate surface area is 68.9 Å². The molecule has 3 nitrogen and oxygen atoms in total. The molecule has 0 saturated carbocycles. The van der Waals surface area contributed by atoms with Crippen molar-refractivity contribution in [3.05, 3.63) is 0 Å². The topological polar surface area (TPSA) is 36.1 Å². The first-order chi connectivity index (χ1) is 5.29. The summed E-state index contributed by atoms with van der Waals surface area (Å²) < 4.78 is 0. The fourth-order valence-electron chi connectivity index (χ4n) is 1.83. The summed E-state index contributed by atoms with van der Waals surface area (Å²) in [4.78, 5) is 0. The zero-order chi connectivity index (χ0) is 8.27. The molecule has 66 valence electrons. The molecule has 11 heavy (non-hydrogen) atoms. The third-order valence-corrected chi connectivity index (χ3v) is 2.60. The Kier molecular flexibility index (Phi) is 3.30. The van der Waals surface area contributed by atoms with Crippen molar-refractivity contribution in [1.29, 1.82) is 0 Å². The van der Waals surface area contributed by atoms with Gasteiger partial charge in [-0.2, -0.15) is 0 Å². The van der Waals surface area contributed by atoms with Crippen LogP contribution in [0.3, 0.4) is 0 Å². The molecule has 1 aliphatic rings. The highest BCUT2D eigenvalue weighted by molar-refractivity contribution is 4.84. The Bertz CT molecular complexity index is 116. The SMILES string of the molecule is CCC1C(C)NCNC1NC. The summed E-state index contributed by atoms with van der Waals surface area (Å²) in [5.41, 5.74) is 0. The van der Waals surface area contributed by atoms with E-state index in [4.69, 9.17) is 0 Å². The maximum atomic E-state index is 3.40. The summed E-state index contributed by atoms with van der Waals surface area (Å²) in [6, 6.07) is 0.624. The first-order valence-corrected chi connectivity index (χ1v) is 4.43. The molecular weight excluding hydrogens is 138 g/mol. The third kappa shape index (κ3) is 1.92. The van der Waals surface area contributed by atoms with E-state index < -0.39 is 0 Å². The van der Waals surface area contributed by atoms with Crippen molar-refractivity contribution < 1.29 is 0 Å². The molecule has 1 heterocycles. The standard InChI is InChI=1S/C8H19N3/c1-4-7-6(2)10-5-11-8(7)9-3/h6-11H,4-5H2,1-3H3. The summed E-state index contributed by atoms with van der Waals surface area (Å²) in [6.45, 7) is 5.41. The van der Waals surface area contributed by atoms with Crippen LogP contribution in [-0.4, -0.2) is 25.9 Å². The van der Waals surface area contributed by atoms with Crippen molar-refractivity contribution in [2.75, 3.05) is 13.7 Å². The molecule has 1 rings (SSSR count). The van der Waals surface area contributed by atoms with E-state index in [-0.39, 0.29) is 0 Å². The molecule has 1 saturated heterocycles. The van der Waals surface area contributed by atoms with Crippen LogP contribution in [0, 0.1) is 5.92 Å². The van der Waals surface area contributed by atoms with Gasteiger partial charge < -0.3 is 10.6 Å². The lowest BCUT2D eigenvalue weighted by molar-refractivity contribution is 0.193. The van der Waals surface area contributed by atoms with Crippen LogP contribution in [-0.2, 0) is 0 Å². The van der Waals surface area contributed by atoms with Crippen molar-refractivity contribution in [3.8, 4) is 0 Å². The normalized spacial score (nSPS) is 39.0. The van der Waals surface area contributed by atoms with Crippen LogP contribution >= 0.6 is 0 Å². The predicted octanol–water partition coefficient (Wildman–Crippen LogP) is 0.0969. The van der Waals surface area contributed by atoms with Gasteiger partial charge in [0.1, 0.15) is 0 Å². The Hall–Kier alpha value is -0.120. The maximum Gasteiger partial charge on any atom is 0.0622 e. The van der Waals surface area contributed by atoms with Crippen LogP contribution in [0.4, 0.5) is 0 Å². The van der Waals surface area contributed by atoms with Crippen molar-refractivity contribution in [2.24, 2.45) is 5.92 Å². The molecule has 3 heteroatoms. The van der Waals surface area contributed by atoms with E-state index in [1.54, 1.807) is 0 Å². The van der Waals surface area contributed by atoms with Crippen molar-refractivity contribution in [2.45, 2.75) is 32.5 Å². The van der Waals surface area contributed by atoms with E-state index in [0.717, 1.165) is 6.67 Å². The first kappa shape index (κ1) is 8.97. The number of rotatable bonds is 2. The summed E-state index contributed by atoms with van der Waals surface area (Å²) in [7, 11) is 2.01. The lowest BCUT2D eigenvalue weighted by Crippen LogP contribution is -2.60. The Morgan fingerprint density at radius 2 is 2.18 bits per heavy atom. The second kappa shape index (κ2) is 4.04. The van der Waals surface area contributed by atoms with Crippen molar-refractivity contribution in [1.82, 2.24) is 16.0 Å². The van der Waals surface area contributed by atoms with Crippen LogP contribution in [0.15, 0.2) is 0 Å². The largest absolute Gasteiger partial charge is 0.305 e. The van der Waals surface area contributed by atoms with Gasteiger partial charge in [-0.1, -0.05) is 6.92 Å². The number of hydrogen-bond acceptors (Lipinski definition) is 3. The van der Waals surface area contributed by atoms with Crippen LogP contribution in [0.25, 0.3) is 0 Å².